The number of sulfonamides is 1. The molecule has 0 radical (unpaired) electrons. The molecule has 1 N–H and O–H groups in total. The summed E-state index contributed by atoms with van der Waals surface area (Å²) in [5, 5.41) is 2.86. The van der Waals surface area contributed by atoms with Crippen LogP contribution in [0.4, 0.5) is 5.69 Å². The second-order valence-corrected chi connectivity index (χ2v) is 8.12. The summed E-state index contributed by atoms with van der Waals surface area (Å²) in [5.41, 5.74) is 0.373. The molecule has 0 saturated heterocycles. The number of ether oxygens (including phenoxy) is 2. The maximum absolute atomic E-state index is 12.5. The molecule has 0 aromatic heterocycles. The van der Waals surface area contributed by atoms with Crippen molar-refractivity contribution in [1.29, 1.82) is 0 Å². The van der Waals surface area contributed by atoms with Crippen molar-refractivity contribution in [2.45, 2.75) is 45.7 Å². The van der Waals surface area contributed by atoms with Crippen LogP contribution in [0.1, 0.15) is 33.6 Å². The molecule has 0 aliphatic carbocycles. The molecule has 7 nitrogen and oxygen atoms in total. The molecule has 1 aliphatic heterocycles. The topological polar surface area (TPSA) is 84.9 Å². The summed E-state index contributed by atoms with van der Waals surface area (Å²) >= 11 is 0. The molecule has 0 bridgehead atoms. The van der Waals surface area contributed by atoms with Crippen LogP contribution in [0.5, 0.6) is 11.5 Å². The van der Waals surface area contributed by atoms with E-state index in [1.54, 1.807) is 25.1 Å². The average Bonchev–Trinajstić information content (AvgIpc) is 2.53. The summed E-state index contributed by atoms with van der Waals surface area (Å²) in [5.74, 6) is 0.711. The molecule has 25 heavy (non-hydrogen) atoms. The molecular formula is C17H26N2O5S. The molecule has 1 heterocycles. The molecule has 8 heteroatoms. The Labute approximate surface area is 149 Å². The van der Waals surface area contributed by atoms with Gasteiger partial charge in [-0.2, -0.15) is 0 Å². The van der Waals surface area contributed by atoms with Crippen LogP contribution in [0.3, 0.4) is 0 Å². The Balaban J connectivity index is 2.29. The number of anilines is 1. The first-order valence-corrected chi connectivity index (χ1v) is 10.3. The SMILES string of the molecule is CCC[C@H](C)NC(=O)[C@H](C)N(c1ccc2c(c1)OCCO2)S(C)(=O)=O. The zero-order chi connectivity index (χ0) is 18.6. The second kappa shape index (κ2) is 7.95. The predicted octanol–water partition coefficient (Wildman–Crippen LogP) is 1.92. The van der Waals surface area contributed by atoms with Gasteiger partial charge >= 0.3 is 0 Å². The van der Waals surface area contributed by atoms with Gasteiger partial charge in [0.25, 0.3) is 0 Å². The lowest BCUT2D eigenvalue weighted by Gasteiger charge is -2.30. The Morgan fingerprint density at radius 1 is 1.24 bits per heavy atom. The van der Waals surface area contributed by atoms with Crippen molar-refractivity contribution >= 4 is 21.6 Å². The maximum atomic E-state index is 12.5. The minimum atomic E-state index is -3.66. The third-order valence-electron chi connectivity index (χ3n) is 3.98. The number of carbonyl (C=O) groups excluding carboxylic acids is 1. The highest BCUT2D eigenvalue weighted by molar-refractivity contribution is 7.92. The van der Waals surface area contributed by atoms with Crippen molar-refractivity contribution < 1.29 is 22.7 Å². The molecule has 1 aromatic rings. The lowest BCUT2D eigenvalue weighted by Crippen LogP contribution is -2.49. The van der Waals surface area contributed by atoms with Crippen LogP contribution >= 0.6 is 0 Å². The highest BCUT2D eigenvalue weighted by Gasteiger charge is 2.30. The van der Waals surface area contributed by atoms with Gasteiger partial charge in [-0.15, -0.1) is 0 Å². The number of rotatable bonds is 7. The molecule has 1 amide bonds. The van der Waals surface area contributed by atoms with E-state index in [1.165, 1.54) is 0 Å². The van der Waals surface area contributed by atoms with Crippen LogP contribution in [-0.4, -0.2) is 45.9 Å². The lowest BCUT2D eigenvalue weighted by atomic mass is 10.2. The van der Waals surface area contributed by atoms with E-state index in [2.05, 4.69) is 5.32 Å². The molecule has 0 saturated carbocycles. The third-order valence-corrected chi connectivity index (χ3v) is 5.22. The van der Waals surface area contributed by atoms with Gasteiger partial charge in [0.05, 0.1) is 11.9 Å². The van der Waals surface area contributed by atoms with E-state index in [-0.39, 0.29) is 11.9 Å². The standard InChI is InChI=1S/C17H26N2O5S/c1-5-6-12(2)18-17(20)13(3)19(25(4,21)22)14-7-8-15-16(11-14)24-10-9-23-15/h7-8,11-13H,5-6,9-10H2,1-4H3,(H,18,20)/t12-,13-/m0/s1. The Morgan fingerprint density at radius 2 is 1.88 bits per heavy atom. The van der Waals surface area contributed by atoms with Crippen LogP contribution in [0.15, 0.2) is 18.2 Å². The van der Waals surface area contributed by atoms with Gasteiger partial charge in [-0.3, -0.25) is 9.10 Å². The summed E-state index contributed by atoms with van der Waals surface area (Å²) in [6.07, 6.45) is 2.86. The summed E-state index contributed by atoms with van der Waals surface area (Å²) in [6.45, 7) is 6.37. The number of hydrogen-bond donors (Lipinski definition) is 1. The maximum Gasteiger partial charge on any atom is 0.243 e. The fourth-order valence-corrected chi connectivity index (χ4v) is 4.01. The minimum Gasteiger partial charge on any atom is -0.486 e. The summed E-state index contributed by atoms with van der Waals surface area (Å²) in [7, 11) is -3.66. The number of amides is 1. The van der Waals surface area contributed by atoms with Crippen LogP contribution in [0.25, 0.3) is 0 Å². The van der Waals surface area contributed by atoms with Gasteiger partial charge in [0.2, 0.25) is 15.9 Å². The van der Waals surface area contributed by atoms with Gasteiger partial charge in [-0.05, 0) is 32.4 Å². The third kappa shape index (κ3) is 4.78. The van der Waals surface area contributed by atoms with E-state index < -0.39 is 16.1 Å². The van der Waals surface area contributed by atoms with Gasteiger partial charge in [0, 0.05) is 12.1 Å². The van der Waals surface area contributed by atoms with E-state index in [1.807, 2.05) is 13.8 Å². The minimum absolute atomic E-state index is 0.0124. The van der Waals surface area contributed by atoms with E-state index in [0.717, 1.165) is 23.4 Å². The average molecular weight is 370 g/mol. The number of nitrogens with zero attached hydrogens (tertiary/aromatic N) is 1. The Bertz CT molecular complexity index is 720. The monoisotopic (exact) mass is 370 g/mol. The predicted molar refractivity (Wildman–Crippen MR) is 96.7 cm³/mol. The van der Waals surface area contributed by atoms with Crippen molar-refractivity contribution in [3.63, 3.8) is 0 Å². The quantitative estimate of drug-likeness (QED) is 0.793. The number of hydrogen-bond acceptors (Lipinski definition) is 5. The molecule has 0 unspecified atom stereocenters. The smallest absolute Gasteiger partial charge is 0.243 e. The molecule has 140 valence electrons. The summed E-state index contributed by atoms with van der Waals surface area (Å²) < 4.78 is 36.7. The first-order chi connectivity index (χ1) is 11.7. The van der Waals surface area contributed by atoms with Gasteiger partial charge in [-0.25, -0.2) is 8.42 Å². The largest absolute Gasteiger partial charge is 0.486 e. The normalized spacial score (nSPS) is 16.0. The van der Waals surface area contributed by atoms with Gasteiger partial charge in [0.1, 0.15) is 19.3 Å². The number of carbonyl (C=O) groups is 1. The lowest BCUT2D eigenvalue weighted by molar-refractivity contribution is -0.122. The number of benzene rings is 1. The van der Waals surface area contributed by atoms with Crippen LogP contribution in [0, 0.1) is 0 Å². The van der Waals surface area contributed by atoms with Crippen molar-refractivity contribution in [2.75, 3.05) is 23.8 Å². The number of nitrogens with one attached hydrogen (secondary N) is 1. The fraction of sp³-hybridized carbons (Fsp3) is 0.588. The zero-order valence-corrected chi connectivity index (χ0v) is 15.9. The molecule has 2 rings (SSSR count). The summed E-state index contributed by atoms with van der Waals surface area (Å²) in [4.78, 5) is 12.5. The van der Waals surface area contributed by atoms with Crippen molar-refractivity contribution in [1.82, 2.24) is 5.32 Å². The zero-order valence-electron chi connectivity index (χ0n) is 15.1. The first-order valence-electron chi connectivity index (χ1n) is 8.43. The van der Waals surface area contributed by atoms with E-state index in [9.17, 15) is 13.2 Å². The van der Waals surface area contributed by atoms with Crippen LogP contribution in [-0.2, 0) is 14.8 Å². The summed E-state index contributed by atoms with van der Waals surface area (Å²) in [6, 6.07) is 3.98. The van der Waals surface area contributed by atoms with Crippen molar-refractivity contribution in [3.8, 4) is 11.5 Å². The molecule has 1 aromatic carbocycles. The molecular weight excluding hydrogens is 344 g/mol. The Kier molecular flexibility index (Phi) is 6.16. The van der Waals surface area contributed by atoms with Gasteiger partial charge < -0.3 is 14.8 Å². The Hall–Kier alpha value is -1.96. The number of fused-ring (bicyclic) bond motifs is 1. The van der Waals surface area contributed by atoms with E-state index in [0.29, 0.717) is 30.4 Å². The van der Waals surface area contributed by atoms with Crippen molar-refractivity contribution in [3.05, 3.63) is 18.2 Å². The van der Waals surface area contributed by atoms with Gasteiger partial charge in [-0.1, -0.05) is 13.3 Å². The van der Waals surface area contributed by atoms with Crippen molar-refractivity contribution in [2.24, 2.45) is 0 Å². The molecule has 2 atom stereocenters. The molecule has 0 spiro atoms. The molecule has 1 aliphatic rings. The highest BCUT2D eigenvalue weighted by atomic mass is 32.2. The molecule has 0 fully saturated rings. The second-order valence-electron chi connectivity index (χ2n) is 6.26. The van der Waals surface area contributed by atoms with E-state index >= 15 is 0 Å². The highest BCUT2D eigenvalue weighted by Crippen LogP contribution is 2.35. The van der Waals surface area contributed by atoms with Crippen LogP contribution < -0.4 is 19.1 Å². The fourth-order valence-electron chi connectivity index (χ4n) is 2.85. The first kappa shape index (κ1) is 19.4. The van der Waals surface area contributed by atoms with Gasteiger partial charge in [0.15, 0.2) is 11.5 Å². The Morgan fingerprint density at radius 3 is 2.48 bits per heavy atom. The van der Waals surface area contributed by atoms with Crippen LogP contribution in [0.2, 0.25) is 0 Å². The van der Waals surface area contributed by atoms with E-state index in [4.69, 9.17) is 9.47 Å².